The number of nitrogens with two attached hydrogens (primary N) is 1. The molecule has 1 heterocycles. The zero-order chi connectivity index (χ0) is 13.6. The second-order valence-corrected chi connectivity index (χ2v) is 4.86. The lowest BCUT2D eigenvalue weighted by atomic mass is 9.93. The summed E-state index contributed by atoms with van der Waals surface area (Å²) in [5.74, 6) is 0.722. The predicted octanol–water partition coefficient (Wildman–Crippen LogP) is 2.95. The molecule has 2 aromatic rings. The van der Waals surface area contributed by atoms with Crippen LogP contribution in [0.5, 0.6) is 5.75 Å². The Labute approximate surface area is 111 Å². The van der Waals surface area contributed by atoms with Gasteiger partial charge < -0.3 is 10.8 Å². The van der Waals surface area contributed by atoms with Crippen molar-refractivity contribution in [3.8, 4) is 16.9 Å². The van der Waals surface area contributed by atoms with Gasteiger partial charge in [-0.1, -0.05) is 11.6 Å². The van der Waals surface area contributed by atoms with Crippen molar-refractivity contribution in [1.29, 1.82) is 0 Å². The first-order valence-electron chi connectivity index (χ1n) is 5.62. The Morgan fingerprint density at radius 2 is 1.83 bits per heavy atom. The van der Waals surface area contributed by atoms with E-state index in [1.54, 1.807) is 17.9 Å². The van der Waals surface area contributed by atoms with Gasteiger partial charge >= 0.3 is 0 Å². The third-order valence-electron chi connectivity index (χ3n) is 3.46. The van der Waals surface area contributed by atoms with Gasteiger partial charge in [-0.2, -0.15) is 5.10 Å². The lowest BCUT2D eigenvalue weighted by Gasteiger charge is -2.15. The van der Waals surface area contributed by atoms with Crippen molar-refractivity contribution in [3.05, 3.63) is 27.9 Å². The van der Waals surface area contributed by atoms with Gasteiger partial charge in [0.2, 0.25) is 0 Å². The Morgan fingerprint density at radius 1 is 1.22 bits per heavy atom. The minimum Gasteiger partial charge on any atom is -0.506 e. The smallest absolute Gasteiger partial charge is 0.137 e. The summed E-state index contributed by atoms with van der Waals surface area (Å²) in [5.41, 5.74) is 10.3. The summed E-state index contributed by atoms with van der Waals surface area (Å²) in [6.07, 6.45) is 1.72. The normalized spacial score (nSPS) is 10.9. The fourth-order valence-corrected chi connectivity index (χ4v) is 2.38. The van der Waals surface area contributed by atoms with E-state index in [1.165, 1.54) is 0 Å². The number of hydrogen-bond donors (Lipinski definition) is 2. The van der Waals surface area contributed by atoms with Crippen LogP contribution in [0.2, 0.25) is 5.02 Å². The molecule has 0 saturated carbocycles. The number of halogens is 1. The van der Waals surface area contributed by atoms with Crippen molar-refractivity contribution in [2.75, 3.05) is 5.73 Å². The Hall–Kier alpha value is -1.68. The number of rotatable bonds is 1. The monoisotopic (exact) mass is 265 g/mol. The molecular formula is C13H16ClN3O. The van der Waals surface area contributed by atoms with Crippen LogP contribution in [0.15, 0.2) is 6.20 Å². The number of phenols is 1. The third-order valence-corrected chi connectivity index (χ3v) is 3.92. The van der Waals surface area contributed by atoms with Crippen molar-refractivity contribution < 1.29 is 5.11 Å². The Morgan fingerprint density at radius 3 is 2.33 bits per heavy atom. The molecule has 0 amide bonds. The number of aromatic hydroxyl groups is 1. The summed E-state index contributed by atoms with van der Waals surface area (Å²) in [5, 5.41) is 14.4. The first kappa shape index (κ1) is 12.8. The fourth-order valence-electron chi connectivity index (χ4n) is 2.14. The number of hydrogen-bond acceptors (Lipinski definition) is 3. The second-order valence-electron chi connectivity index (χ2n) is 4.48. The number of benzene rings is 1. The molecule has 18 heavy (non-hydrogen) atoms. The molecule has 1 aromatic carbocycles. The summed E-state index contributed by atoms with van der Waals surface area (Å²) in [6.45, 7) is 5.66. The highest BCUT2D eigenvalue weighted by atomic mass is 35.5. The molecule has 0 radical (unpaired) electrons. The fraction of sp³-hybridized carbons (Fsp3) is 0.308. The van der Waals surface area contributed by atoms with Crippen LogP contribution in [0.4, 0.5) is 5.82 Å². The molecule has 0 bridgehead atoms. The van der Waals surface area contributed by atoms with Crippen LogP contribution >= 0.6 is 11.6 Å². The van der Waals surface area contributed by atoms with Crippen LogP contribution in [0.1, 0.15) is 16.7 Å². The average molecular weight is 266 g/mol. The topological polar surface area (TPSA) is 64.1 Å². The molecule has 4 nitrogen and oxygen atoms in total. The first-order valence-corrected chi connectivity index (χ1v) is 6.00. The molecule has 0 atom stereocenters. The zero-order valence-electron chi connectivity index (χ0n) is 10.9. The van der Waals surface area contributed by atoms with Crippen molar-refractivity contribution in [2.24, 2.45) is 7.05 Å². The van der Waals surface area contributed by atoms with E-state index in [2.05, 4.69) is 5.10 Å². The summed E-state index contributed by atoms with van der Waals surface area (Å²) < 4.78 is 1.62. The highest BCUT2D eigenvalue weighted by Crippen LogP contribution is 2.41. The van der Waals surface area contributed by atoms with Crippen molar-refractivity contribution in [3.63, 3.8) is 0 Å². The van der Waals surface area contributed by atoms with Crippen LogP contribution in [-0.2, 0) is 7.05 Å². The molecule has 0 spiro atoms. The summed E-state index contributed by atoms with van der Waals surface area (Å²) >= 11 is 6.15. The van der Waals surface area contributed by atoms with Crippen LogP contribution in [0.25, 0.3) is 11.1 Å². The van der Waals surface area contributed by atoms with E-state index in [1.807, 2.05) is 20.8 Å². The maximum Gasteiger partial charge on any atom is 0.137 e. The van der Waals surface area contributed by atoms with Gasteiger partial charge in [0.05, 0.1) is 11.2 Å². The molecule has 96 valence electrons. The van der Waals surface area contributed by atoms with Crippen LogP contribution in [-0.4, -0.2) is 14.9 Å². The lowest BCUT2D eigenvalue weighted by molar-refractivity contribution is 0.470. The van der Waals surface area contributed by atoms with Crippen LogP contribution < -0.4 is 5.73 Å². The van der Waals surface area contributed by atoms with E-state index in [4.69, 9.17) is 17.3 Å². The van der Waals surface area contributed by atoms with E-state index in [0.717, 1.165) is 27.8 Å². The minimum absolute atomic E-state index is 0.137. The summed E-state index contributed by atoms with van der Waals surface area (Å²) in [7, 11) is 1.79. The molecule has 0 aliphatic rings. The quantitative estimate of drug-likeness (QED) is 0.833. The maximum atomic E-state index is 9.93. The third kappa shape index (κ3) is 1.64. The minimum atomic E-state index is 0.137. The molecule has 1 aromatic heterocycles. The maximum absolute atomic E-state index is 9.93. The Kier molecular flexibility index (Phi) is 2.99. The summed E-state index contributed by atoms with van der Waals surface area (Å²) in [6, 6.07) is 0. The standard InChI is InChI=1S/C13H16ClN3O/c1-6-7(2)12(18)11(14)8(3)10(6)9-5-16-17(4)13(9)15/h5,18H,15H2,1-4H3. The van der Waals surface area contributed by atoms with Gasteiger partial charge in [-0.15, -0.1) is 0 Å². The zero-order valence-corrected chi connectivity index (χ0v) is 11.6. The van der Waals surface area contributed by atoms with Crippen molar-refractivity contribution in [2.45, 2.75) is 20.8 Å². The number of nitrogen functional groups attached to an aromatic ring is 1. The molecule has 0 fully saturated rings. The van der Waals surface area contributed by atoms with Gasteiger partial charge in [-0.25, -0.2) is 0 Å². The highest BCUT2D eigenvalue weighted by molar-refractivity contribution is 6.33. The van der Waals surface area contributed by atoms with Gasteiger partial charge in [0.15, 0.2) is 0 Å². The highest BCUT2D eigenvalue weighted by Gasteiger charge is 2.19. The molecule has 5 heteroatoms. The van der Waals surface area contributed by atoms with Gasteiger partial charge in [-0.05, 0) is 43.0 Å². The Balaban J connectivity index is 2.84. The van der Waals surface area contributed by atoms with E-state index in [9.17, 15) is 5.11 Å². The second kappa shape index (κ2) is 4.21. The van der Waals surface area contributed by atoms with Gasteiger partial charge in [0.1, 0.15) is 11.6 Å². The largest absolute Gasteiger partial charge is 0.506 e. The van der Waals surface area contributed by atoms with Crippen molar-refractivity contribution in [1.82, 2.24) is 9.78 Å². The molecule has 0 saturated heterocycles. The first-order chi connectivity index (χ1) is 8.36. The molecule has 2 rings (SSSR count). The molecule has 3 N–H and O–H groups in total. The summed E-state index contributed by atoms with van der Waals surface area (Å²) in [4.78, 5) is 0. The number of phenolic OH excluding ortho intramolecular Hbond substituents is 1. The molecule has 0 unspecified atom stereocenters. The number of nitrogens with zero attached hydrogens (tertiary/aromatic N) is 2. The predicted molar refractivity (Wildman–Crippen MR) is 73.9 cm³/mol. The molecule has 0 aliphatic carbocycles. The van der Waals surface area contributed by atoms with Gasteiger partial charge in [-0.3, -0.25) is 4.68 Å². The number of anilines is 1. The SMILES string of the molecule is Cc1c(C)c(-c2cnn(C)c2N)c(C)c(Cl)c1O. The van der Waals surface area contributed by atoms with Crippen LogP contribution in [0.3, 0.4) is 0 Å². The number of aryl methyl sites for hydroxylation is 1. The molecular weight excluding hydrogens is 250 g/mol. The van der Waals surface area contributed by atoms with E-state index in [0.29, 0.717) is 10.8 Å². The van der Waals surface area contributed by atoms with Crippen molar-refractivity contribution >= 4 is 17.4 Å². The van der Waals surface area contributed by atoms with E-state index in [-0.39, 0.29) is 5.75 Å². The lowest BCUT2D eigenvalue weighted by Crippen LogP contribution is -2.00. The molecule has 0 aliphatic heterocycles. The van der Waals surface area contributed by atoms with E-state index >= 15 is 0 Å². The Bertz CT molecular complexity index is 603. The van der Waals surface area contributed by atoms with Crippen LogP contribution in [0, 0.1) is 20.8 Å². The number of aromatic nitrogens is 2. The van der Waals surface area contributed by atoms with E-state index < -0.39 is 0 Å². The van der Waals surface area contributed by atoms with Gasteiger partial charge in [0.25, 0.3) is 0 Å². The average Bonchev–Trinajstić information content (AvgIpc) is 2.66. The van der Waals surface area contributed by atoms with Gasteiger partial charge in [0, 0.05) is 12.6 Å².